The Morgan fingerprint density at radius 1 is 1.31 bits per heavy atom. The third-order valence-electron chi connectivity index (χ3n) is 3.85. The van der Waals surface area contributed by atoms with Gasteiger partial charge in [-0.1, -0.05) is 12.0 Å². The van der Waals surface area contributed by atoms with Crippen LogP contribution in [0.1, 0.15) is 21.9 Å². The van der Waals surface area contributed by atoms with Crippen LogP contribution in [0, 0.1) is 12.3 Å². The van der Waals surface area contributed by atoms with Crippen LogP contribution in [0.4, 0.5) is 4.79 Å². The van der Waals surface area contributed by atoms with Gasteiger partial charge in [-0.25, -0.2) is 4.79 Å². The minimum Gasteiger partial charge on any atom is -0.493 e. The first-order valence-corrected chi connectivity index (χ1v) is 9.06. The number of nitrogens with zero attached hydrogens (tertiary/aromatic N) is 1. The molecule has 2 amide bonds. The van der Waals surface area contributed by atoms with Crippen LogP contribution in [-0.4, -0.2) is 40.8 Å². The fourth-order valence-corrected chi connectivity index (χ4v) is 3.33. The minimum absolute atomic E-state index is 0.00790. The lowest BCUT2D eigenvalue weighted by Crippen LogP contribution is -2.28. The van der Waals surface area contributed by atoms with E-state index in [0.717, 1.165) is 16.7 Å². The van der Waals surface area contributed by atoms with Crippen LogP contribution >= 0.6 is 11.8 Å². The highest BCUT2D eigenvalue weighted by atomic mass is 32.2. The number of furan rings is 1. The van der Waals surface area contributed by atoms with Crippen LogP contribution in [0.15, 0.2) is 39.7 Å². The maximum absolute atomic E-state index is 12.3. The van der Waals surface area contributed by atoms with E-state index in [9.17, 15) is 14.4 Å². The van der Waals surface area contributed by atoms with Crippen molar-refractivity contribution in [2.24, 2.45) is 0 Å². The van der Waals surface area contributed by atoms with Crippen LogP contribution in [0.5, 0.6) is 11.5 Å². The second-order valence-electron chi connectivity index (χ2n) is 5.74. The monoisotopic (exact) mass is 413 g/mol. The van der Waals surface area contributed by atoms with E-state index in [1.807, 2.05) is 0 Å². The molecule has 0 bridgehead atoms. The zero-order chi connectivity index (χ0) is 21.0. The van der Waals surface area contributed by atoms with Gasteiger partial charge in [0, 0.05) is 0 Å². The van der Waals surface area contributed by atoms with Crippen LogP contribution in [0.3, 0.4) is 0 Å². The Kier molecular flexibility index (Phi) is 5.95. The van der Waals surface area contributed by atoms with E-state index < -0.39 is 17.1 Å². The molecule has 2 aromatic rings. The molecule has 1 aromatic carbocycles. The zero-order valence-corrected chi connectivity index (χ0v) is 16.0. The smallest absolute Gasteiger partial charge is 0.371 e. The van der Waals surface area contributed by atoms with Gasteiger partial charge in [-0.3, -0.25) is 14.5 Å². The molecule has 1 fully saturated rings. The molecule has 3 rings (SSSR count). The van der Waals surface area contributed by atoms with Gasteiger partial charge in [-0.2, -0.15) is 0 Å². The maximum atomic E-state index is 12.3. The Bertz CT molecular complexity index is 1050. The topological polar surface area (TPSA) is 106 Å². The number of methoxy groups -OCH3 is 1. The molecule has 0 unspecified atom stereocenters. The fraction of sp³-hybridized carbons (Fsp3) is 0.150. The molecule has 1 N–H and O–H groups in total. The lowest BCUT2D eigenvalue weighted by molar-refractivity contribution is -0.122. The summed E-state index contributed by atoms with van der Waals surface area (Å²) in [7, 11) is 1.46. The van der Waals surface area contributed by atoms with E-state index in [1.54, 1.807) is 24.3 Å². The molecule has 1 aliphatic rings. The first-order chi connectivity index (χ1) is 13.9. The Labute approximate surface area is 170 Å². The van der Waals surface area contributed by atoms with Gasteiger partial charge in [0.1, 0.15) is 12.4 Å². The number of hydrogen-bond acceptors (Lipinski definition) is 7. The molecule has 1 saturated heterocycles. The number of imide groups is 1. The van der Waals surface area contributed by atoms with Gasteiger partial charge in [-0.15, -0.1) is 6.42 Å². The van der Waals surface area contributed by atoms with E-state index in [1.165, 1.54) is 19.2 Å². The molecule has 0 saturated carbocycles. The summed E-state index contributed by atoms with van der Waals surface area (Å²) in [6.07, 6.45) is 6.75. The molecule has 0 aliphatic carbocycles. The van der Waals surface area contributed by atoms with Crippen molar-refractivity contribution in [3.05, 3.63) is 52.3 Å². The highest BCUT2D eigenvalue weighted by molar-refractivity contribution is 8.18. The fourth-order valence-electron chi connectivity index (χ4n) is 2.49. The predicted molar refractivity (Wildman–Crippen MR) is 105 cm³/mol. The van der Waals surface area contributed by atoms with Gasteiger partial charge in [-0.05, 0) is 47.7 Å². The standard InChI is InChI=1S/C20H15NO7S/c1-3-8-21-18(22)17(29-20(21)25)10-12-4-6-14(16(9-12)26-2)27-11-13-5-7-15(28-13)19(23)24/h1,4-7,9-10H,8,11H2,2H3,(H,23,24)/b17-10-. The Balaban J connectivity index is 1.75. The van der Waals surface area contributed by atoms with Crippen LogP contribution in [-0.2, 0) is 11.4 Å². The van der Waals surface area contributed by atoms with Crippen molar-refractivity contribution in [3.63, 3.8) is 0 Å². The normalized spacial score (nSPS) is 14.9. The van der Waals surface area contributed by atoms with Crippen LogP contribution in [0.25, 0.3) is 6.08 Å². The molecule has 0 spiro atoms. The second kappa shape index (κ2) is 8.58. The summed E-state index contributed by atoms with van der Waals surface area (Å²) in [6, 6.07) is 7.83. The molecule has 148 valence electrons. The summed E-state index contributed by atoms with van der Waals surface area (Å²) >= 11 is 0.817. The van der Waals surface area contributed by atoms with Gasteiger partial charge in [0.25, 0.3) is 11.1 Å². The van der Waals surface area contributed by atoms with Crippen molar-refractivity contribution in [1.82, 2.24) is 4.90 Å². The molecule has 29 heavy (non-hydrogen) atoms. The Hall–Kier alpha value is -3.64. The molecule has 9 heteroatoms. The summed E-state index contributed by atoms with van der Waals surface area (Å²) in [5, 5.41) is 8.46. The number of benzene rings is 1. The number of carbonyl (C=O) groups excluding carboxylic acids is 2. The number of carbonyl (C=O) groups is 3. The average molecular weight is 413 g/mol. The summed E-state index contributed by atoms with van der Waals surface area (Å²) in [5.41, 5.74) is 0.631. The molecule has 1 aromatic heterocycles. The van der Waals surface area contributed by atoms with Crippen LogP contribution in [0.2, 0.25) is 0 Å². The quantitative estimate of drug-likeness (QED) is 0.545. The summed E-state index contributed by atoms with van der Waals surface area (Å²) in [4.78, 5) is 36.2. The van der Waals surface area contributed by atoms with Gasteiger partial charge in [0.05, 0.1) is 18.6 Å². The third kappa shape index (κ3) is 4.44. The number of rotatable bonds is 7. The maximum Gasteiger partial charge on any atom is 0.371 e. The predicted octanol–water partition coefficient (Wildman–Crippen LogP) is 3.23. The molecule has 0 atom stereocenters. The lowest BCUT2D eigenvalue weighted by atomic mass is 10.2. The molecular formula is C20H15NO7S. The molecule has 2 heterocycles. The molecular weight excluding hydrogens is 398 g/mol. The highest BCUT2D eigenvalue weighted by Crippen LogP contribution is 2.34. The van der Waals surface area contributed by atoms with Gasteiger partial charge in [0.15, 0.2) is 11.5 Å². The number of terminal acetylenes is 1. The summed E-state index contributed by atoms with van der Waals surface area (Å²) in [6.45, 7) is -0.0670. The lowest BCUT2D eigenvalue weighted by Gasteiger charge is -2.10. The zero-order valence-electron chi connectivity index (χ0n) is 15.2. The van der Waals surface area contributed by atoms with Crippen molar-refractivity contribution >= 4 is 35.0 Å². The van der Waals surface area contributed by atoms with Gasteiger partial charge >= 0.3 is 5.97 Å². The van der Waals surface area contributed by atoms with Crippen molar-refractivity contribution in [2.75, 3.05) is 13.7 Å². The average Bonchev–Trinajstić information content (AvgIpc) is 3.28. The van der Waals surface area contributed by atoms with E-state index in [0.29, 0.717) is 22.8 Å². The SMILES string of the molecule is C#CCN1C(=O)S/C(=C\c2ccc(OCc3ccc(C(=O)O)o3)c(OC)c2)C1=O. The number of hydrogen-bond donors (Lipinski definition) is 1. The molecule has 1 aliphatic heterocycles. The number of aromatic carboxylic acids is 1. The van der Waals surface area contributed by atoms with E-state index >= 15 is 0 Å². The molecule has 8 nitrogen and oxygen atoms in total. The first kappa shape index (κ1) is 20.1. The van der Waals surface area contributed by atoms with E-state index in [4.69, 9.17) is 25.4 Å². The van der Waals surface area contributed by atoms with E-state index in [-0.39, 0.29) is 23.8 Å². The van der Waals surface area contributed by atoms with Crippen molar-refractivity contribution in [1.29, 1.82) is 0 Å². The Morgan fingerprint density at radius 2 is 2.10 bits per heavy atom. The van der Waals surface area contributed by atoms with E-state index in [2.05, 4.69) is 5.92 Å². The number of amides is 2. The minimum atomic E-state index is -1.16. The van der Waals surface area contributed by atoms with Gasteiger partial charge in [0.2, 0.25) is 5.76 Å². The number of carboxylic acids is 1. The van der Waals surface area contributed by atoms with Gasteiger partial charge < -0.3 is 19.0 Å². The second-order valence-corrected chi connectivity index (χ2v) is 6.74. The van der Waals surface area contributed by atoms with Crippen molar-refractivity contribution < 1.29 is 33.4 Å². The third-order valence-corrected chi connectivity index (χ3v) is 4.76. The van der Waals surface area contributed by atoms with Crippen molar-refractivity contribution in [2.45, 2.75) is 6.61 Å². The largest absolute Gasteiger partial charge is 0.493 e. The van der Waals surface area contributed by atoms with Crippen LogP contribution < -0.4 is 9.47 Å². The number of carboxylic acid groups (broad SMARTS) is 1. The highest BCUT2D eigenvalue weighted by Gasteiger charge is 2.34. The number of thioether (sulfide) groups is 1. The number of ether oxygens (including phenoxy) is 2. The Morgan fingerprint density at radius 3 is 2.76 bits per heavy atom. The summed E-state index contributed by atoms with van der Waals surface area (Å²) < 4.78 is 16.1. The van der Waals surface area contributed by atoms with Crippen molar-refractivity contribution in [3.8, 4) is 23.8 Å². The first-order valence-electron chi connectivity index (χ1n) is 8.24. The molecule has 0 radical (unpaired) electrons. The summed E-state index contributed by atoms with van der Waals surface area (Å²) in [5.74, 6) is 1.64.